The first-order valence-electron chi connectivity index (χ1n) is 10.5. The first-order valence-corrected chi connectivity index (χ1v) is 10.5. The topological polar surface area (TPSA) is 64.5 Å². The Hall–Kier alpha value is -2.04. The van der Waals surface area contributed by atoms with Crippen LogP contribution in [0.1, 0.15) is 50.7 Å². The summed E-state index contributed by atoms with van der Waals surface area (Å²) in [6.45, 7) is 8.58. The number of phenolic OH excluding ortho intramolecular Hbond substituents is 2. The average molecular weight is 385 g/mol. The van der Waals surface area contributed by atoms with E-state index in [2.05, 4.69) is 54.8 Å². The van der Waals surface area contributed by atoms with Crippen LogP contribution in [-0.2, 0) is 11.8 Å². The molecule has 0 bridgehead atoms. The van der Waals surface area contributed by atoms with Gasteiger partial charge in [-0.15, -0.1) is 0 Å². The highest BCUT2D eigenvalue weighted by Crippen LogP contribution is 2.25. The maximum absolute atomic E-state index is 9.49. The number of benzene rings is 2. The van der Waals surface area contributed by atoms with E-state index in [0.717, 1.165) is 38.2 Å². The molecule has 28 heavy (non-hydrogen) atoms. The van der Waals surface area contributed by atoms with Crippen LogP contribution in [0, 0.1) is 0 Å². The molecule has 0 atom stereocenters. The number of rotatable bonds is 13. The van der Waals surface area contributed by atoms with E-state index >= 15 is 0 Å². The second-order valence-electron chi connectivity index (χ2n) is 8.16. The molecule has 0 amide bonds. The zero-order chi connectivity index (χ0) is 20.2. The summed E-state index contributed by atoms with van der Waals surface area (Å²) in [5, 5.41) is 25.9. The minimum Gasteiger partial charge on any atom is -0.504 e. The maximum atomic E-state index is 9.49. The highest BCUT2D eigenvalue weighted by atomic mass is 16.3. The van der Waals surface area contributed by atoms with Gasteiger partial charge in [-0.1, -0.05) is 63.1 Å². The Morgan fingerprint density at radius 1 is 0.750 bits per heavy atom. The van der Waals surface area contributed by atoms with E-state index in [4.69, 9.17) is 0 Å². The zero-order valence-corrected chi connectivity index (χ0v) is 17.4. The van der Waals surface area contributed by atoms with Crippen molar-refractivity contribution in [1.29, 1.82) is 0 Å². The summed E-state index contributed by atoms with van der Waals surface area (Å²) in [5.41, 5.74) is 2.59. The van der Waals surface area contributed by atoms with Gasteiger partial charge in [-0.2, -0.15) is 0 Å². The SMILES string of the molecule is CC(C)(CNCCCCCCNCCc1ccc(O)c(O)c1)c1ccccc1. The Morgan fingerprint density at radius 2 is 1.43 bits per heavy atom. The molecule has 0 spiro atoms. The van der Waals surface area contributed by atoms with Gasteiger partial charge < -0.3 is 20.8 Å². The van der Waals surface area contributed by atoms with Gasteiger partial charge in [-0.05, 0) is 62.2 Å². The molecular formula is C24H36N2O2. The molecule has 0 heterocycles. The first kappa shape index (κ1) is 22.3. The molecular weight excluding hydrogens is 348 g/mol. The Kier molecular flexibility index (Phi) is 9.32. The van der Waals surface area contributed by atoms with Crippen LogP contribution in [0.4, 0.5) is 0 Å². The maximum Gasteiger partial charge on any atom is 0.157 e. The second kappa shape index (κ2) is 11.7. The van der Waals surface area contributed by atoms with E-state index in [0.29, 0.717) is 0 Å². The van der Waals surface area contributed by atoms with Crippen LogP contribution in [0.5, 0.6) is 11.5 Å². The van der Waals surface area contributed by atoms with Gasteiger partial charge in [0.25, 0.3) is 0 Å². The van der Waals surface area contributed by atoms with Crippen LogP contribution in [0.3, 0.4) is 0 Å². The van der Waals surface area contributed by atoms with Gasteiger partial charge in [0.2, 0.25) is 0 Å². The highest BCUT2D eigenvalue weighted by Gasteiger charge is 2.19. The standard InChI is InChI=1S/C24H36N2O2/c1-24(2,21-10-6-5-7-11-21)19-26-16-9-4-3-8-15-25-17-14-20-12-13-22(27)23(28)18-20/h5-7,10-13,18,25-28H,3-4,8-9,14-17,19H2,1-2H3. The summed E-state index contributed by atoms with van der Waals surface area (Å²) in [5.74, 6) is -0.104. The van der Waals surface area contributed by atoms with Crippen molar-refractivity contribution in [1.82, 2.24) is 10.6 Å². The molecule has 0 aliphatic rings. The highest BCUT2D eigenvalue weighted by molar-refractivity contribution is 5.40. The zero-order valence-electron chi connectivity index (χ0n) is 17.4. The van der Waals surface area contributed by atoms with Crippen molar-refractivity contribution in [2.75, 3.05) is 26.2 Å². The lowest BCUT2D eigenvalue weighted by Gasteiger charge is -2.25. The molecule has 0 saturated carbocycles. The van der Waals surface area contributed by atoms with Crippen LogP contribution in [-0.4, -0.2) is 36.4 Å². The van der Waals surface area contributed by atoms with Crippen molar-refractivity contribution < 1.29 is 10.2 Å². The van der Waals surface area contributed by atoms with Crippen molar-refractivity contribution in [2.45, 2.75) is 51.4 Å². The predicted molar refractivity (Wildman–Crippen MR) is 117 cm³/mol. The lowest BCUT2D eigenvalue weighted by Crippen LogP contribution is -2.33. The van der Waals surface area contributed by atoms with Crippen LogP contribution < -0.4 is 10.6 Å². The first-order chi connectivity index (χ1) is 13.5. The number of hydrogen-bond donors (Lipinski definition) is 4. The van der Waals surface area contributed by atoms with E-state index < -0.39 is 0 Å². The molecule has 0 aromatic heterocycles. The van der Waals surface area contributed by atoms with Gasteiger partial charge in [-0.3, -0.25) is 0 Å². The van der Waals surface area contributed by atoms with Crippen LogP contribution in [0.2, 0.25) is 0 Å². The third-order valence-electron chi connectivity index (χ3n) is 5.21. The number of unbranched alkanes of at least 4 members (excludes halogenated alkanes) is 3. The molecule has 0 fully saturated rings. The quantitative estimate of drug-likeness (QED) is 0.306. The summed E-state index contributed by atoms with van der Waals surface area (Å²) >= 11 is 0. The summed E-state index contributed by atoms with van der Waals surface area (Å²) in [4.78, 5) is 0. The van der Waals surface area contributed by atoms with Crippen molar-refractivity contribution in [3.05, 3.63) is 59.7 Å². The molecule has 4 heteroatoms. The smallest absolute Gasteiger partial charge is 0.157 e. The Morgan fingerprint density at radius 3 is 2.11 bits per heavy atom. The normalized spacial score (nSPS) is 11.6. The van der Waals surface area contributed by atoms with E-state index in [1.165, 1.54) is 31.2 Å². The third kappa shape index (κ3) is 7.91. The van der Waals surface area contributed by atoms with Gasteiger partial charge in [-0.25, -0.2) is 0 Å². The average Bonchev–Trinajstić information content (AvgIpc) is 2.69. The molecule has 4 N–H and O–H groups in total. The fourth-order valence-corrected chi connectivity index (χ4v) is 3.33. The fraction of sp³-hybridized carbons (Fsp3) is 0.500. The Balaban J connectivity index is 1.44. The number of hydrogen-bond acceptors (Lipinski definition) is 4. The lowest BCUT2D eigenvalue weighted by molar-refractivity contribution is 0.403. The molecule has 0 aliphatic carbocycles. The Bertz CT molecular complexity index is 686. The second-order valence-corrected chi connectivity index (χ2v) is 8.16. The lowest BCUT2D eigenvalue weighted by atomic mass is 9.84. The minimum atomic E-state index is -0.0603. The van der Waals surface area contributed by atoms with Crippen molar-refractivity contribution >= 4 is 0 Å². The molecule has 154 valence electrons. The van der Waals surface area contributed by atoms with Gasteiger partial charge >= 0.3 is 0 Å². The number of nitrogens with one attached hydrogen (secondary N) is 2. The monoisotopic (exact) mass is 384 g/mol. The molecule has 0 radical (unpaired) electrons. The van der Waals surface area contributed by atoms with Crippen molar-refractivity contribution in [2.24, 2.45) is 0 Å². The Labute approximate surface area is 170 Å². The minimum absolute atomic E-state index is 0.0433. The van der Waals surface area contributed by atoms with Gasteiger partial charge in [0, 0.05) is 12.0 Å². The van der Waals surface area contributed by atoms with E-state index in [1.807, 2.05) is 6.07 Å². The van der Waals surface area contributed by atoms with Crippen molar-refractivity contribution in [3.8, 4) is 11.5 Å². The molecule has 4 nitrogen and oxygen atoms in total. The third-order valence-corrected chi connectivity index (χ3v) is 5.21. The summed E-state index contributed by atoms with van der Waals surface area (Å²) < 4.78 is 0. The van der Waals surface area contributed by atoms with E-state index in [1.54, 1.807) is 12.1 Å². The number of phenols is 2. The predicted octanol–water partition coefficient (Wildman–Crippen LogP) is 4.36. The summed E-state index contributed by atoms with van der Waals surface area (Å²) in [6, 6.07) is 15.7. The van der Waals surface area contributed by atoms with Gasteiger partial charge in [0.15, 0.2) is 11.5 Å². The summed E-state index contributed by atoms with van der Waals surface area (Å²) in [7, 11) is 0. The van der Waals surface area contributed by atoms with Crippen LogP contribution in [0.25, 0.3) is 0 Å². The number of aromatic hydroxyl groups is 2. The molecule has 2 aromatic rings. The van der Waals surface area contributed by atoms with E-state index in [9.17, 15) is 10.2 Å². The van der Waals surface area contributed by atoms with Gasteiger partial charge in [0.1, 0.15) is 0 Å². The summed E-state index contributed by atoms with van der Waals surface area (Å²) in [6.07, 6.45) is 5.77. The molecule has 0 aliphatic heterocycles. The van der Waals surface area contributed by atoms with Crippen LogP contribution >= 0.6 is 0 Å². The van der Waals surface area contributed by atoms with Crippen molar-refractivity contribution in [3.63, 3.8) is 0 Å². The molecule has 0 saturated heterocycles. The van der Waals surface area contributed by atoms with Gasteiger partial charge in [0.05, 0.1) is 0 Å². The van der Waals surface area contributed by atoms with E-state index in [-0.39, 0.29) is 16.9 Å². The fourth-order valence-electron chi connectivity index (χ4n) is 3.33. The molecule has 2 aromatic carbocycles. The largest absolute Gasteiger partial charge is 0.504 e. The van der Waals surface area contributed by atoms with Crippen LogP contribution in [0.15, 0.2) is 48.5 Å². The molecule has 2 rings (SSSR count). The molecule has 0 unspecified atom stereocenters.